The van der Waals surface area contributed by atoms with E-state index in [9.17, 15) is 4.79 Å². The SMILES string of the molecule is COc1cccc(-c2nnc(SCC(N)=O)n2Cc2ccco2)c1. The number of nitrogens with two attached hydrogens (primary N) is 1. The molecule has 0 saturated carbocycles. The van der Waals surface area contributed by atoms with E-state index in [1.165, 1.54) is 11.8 Å². The largest absolute Gasteiger partial charge is 0.497 e. The molecular weight excluding hydrogens is 328 g/mol. The molecule has 7 nitrogen and oxygen atoms in total. The van der Waals surface area contributed by atoms with Crippen LogP contribution in [0.15, 0.2) is 52.2 Å². The topological polar surface area (TPSA) is 96.2 Å². The monoisotopic (exact) mass is 344 g/mol. The van der Waals surface area contributed by atoms with Gasteiger partial charge in [0.25, 0.3) is 0 Å². The van der Waals surface area contributed by atoms with Crippen LogP contribution in [0.5, 0.6) is 5.75 Å². The molecule has 3 aromatic rings. The summed E-state index contributed by atoms with van der Waals surface area (Å²) in [6, 6.07) is 11.2. The number of amides is 1. The molecule has 8 heteroatoms. The zero-order chi connectivity index (χ0) is 16.9. The Morgan fingerprint density at radius 2 is 2.21 bits per heavy atom. The molecule has 0 radical (unpaired) electrons. The quantitative estimate of drug-likeness (QED) is 0.660. The molecule has 1 aromatic carbocycles. The molecule has 0 atom stereocenters. The summed E-state index contributed by atoms with van der Waals surface area (Å²) >= 11 is 1.24. The second kappa shape index (κ2) is 7.22. The first kappa shape index (κ1) is 16.1. The lowest BCUT2D eigenvalue weighted by Gasteiger charge is -2.09. The maximum Gasteiger partial charge on any atom is 0.227 e. The van der Waals surface area contributed by atoms with E-state index in [1.807, 2.05) is 41.0 Å². The van der Waals surface area contributed by atoms with Gasteiger partial charge in [0.2, 0.25) is 5.91 Å². The maximum atomic E-state index is 11.1. The highest BCUT2D eigenvalue weighted by Crippen LogP contribution is 2.27. The van der Waals surface area contributed by atoms with Crippen molar-refractivity contribution < 1.29 is 13.9 Å². The van der Waals surface area contributed by atoms with Gasteiger partial charge in [-0.05, 0) is 24.3 Å². The van der Waals surface area contributed by atoms with Crippen molar-refractivity contribution in [2.75, 3.05) is 12.9 Å². The number of aromatic nitrogens is 3. The van der Waals surface area contributed by atoms with Crippen LogP contribution in [-0.2, 0) is 11.3 Å². The summed E-state index contributed by atoms with van der Waals surface area (Å²) in [6.45, 7) is 0.452. The Kier molecular flexibility index (Phi) is 4.85. The Bertz CT molecular complexity index is 830. The van der Waals surface area contributed by atoms with Crippen LogP contribution in [0.2, 0.25) is 0 Å². The van der Waals surface area contributed by atoms with E-state index in [2.05, 4.69) is 10.2 Å². The molecular formula is C16H16N4O3S. The minimum atomic E-state index is -0.407. The van der Waals surface area contributed by atoms with Crippen LogP contribution in [0.1, 0.15) is 5.76 Å². The Balaban J connectivity index is 1.99. The normalized spacial score (nSPS) is 10.7. The number of nitrogens with zero attached hydrogens (tertiary/aromatic N) is 3. The fourth-order valence-corrected chi connectivity index (χ4v) is 2.88. The molecule has 0 fully saturated rings. The third kappa shape index (κ3) is 3.60. The summed E-state index contributed by atoms with van der Waals surface area (Å²) in [5, 5.41) is 9.05. The van der Waals surface area contributed by atoms with E-state index in [0.29, 0.717) is 17.5 Å². The fourth-order valence-electron chi connectivity index (χ4n) is 2.21. The van der Waals surface area contributed by atoms with Crippen LogP contribution in [0, 0.1) is 0 Å². The first-order chi connectivity index (χ1) is 11.7. The second-order valence-corrected chi connectivity index (χ2v) is 5.90. The number of hydrogen-bond donors (Lipinski definition) is 1. The van der Waals surface area contributed by atoms with Gasteiger partial charge in [-0.15, -0.1) is 10.2 Å². The van der Waals surface area contributed by atoms with Crippen molar-refractivity contribution in [3.8, 4) is 17.1 Å². The zero-order valence-corrected chi connectivity index (χ0v) is 13.8. The molecule has 2 N–H and O–H groups in total. The van der Waals surface area contributed by atoms with Gasteiger partial charge < -0.3 is 14.9 Å². The highest BCUT2D eigenvalue weighted by molar-refractivity contribution is 7.99. The Hall–Kier alpha value is -2.74. The third-order valence-corrected chi connectivity index (χ3v) is 4.27. The fraction of sp³-hybridized carbons (Fsp3) is 0.188. The van der Waals surface area contributed by atoms with Gasteiger partial charge in [-0.25, -0.2) is 0 Å². The summed E-state index contributed by atoms with van der Waals surface area (Å²) in [4.78, 5) is 11.1. The molecule has 0 aliphatic rings. The first-order valence-electron chi connectivity index (χ1n) is 7.18. The van der Waals surface area contributed by atoms with Gasteiger partial charge in [0.15, 0.2) is 11.0 Å². The Labute approximate surface area is 142 Å². The lowest BCUT2D eigenvalue weighted by Crippen LogP contribution is -2.14. The van der Waals surface area contributed by atoms with Gasteiger partial charge >= 0.3 is 0 Å². The van der Waals surface area contributed by atoms with Crippen LogP contribution < -0.4 is 10.5 Å². The molecule has 2 heterocycles. The second-order valence-electron chi connectivity index (χ2n) is 4.96. The number of rotatable bonds is 7. The standard InChI is InChI=1S/C16H16N4O3S/c1-22-12-5-2-4-11(8-12)15-18-19-16(24-10-14(17)21)20(15)9-13-6-3-7-23-13/h2-8H,9-10H2,1H3,(H2,17,21). The highest BCUT2D eigenvalue weighted by atomic mass is 32.2. The van der Waals surface area contributed by atoms with E-state index in [-0.39, 0.29) is 5.75 Å². The molecule has 24 heavy (non-hydrogen) atoms. The first-order valence-corrected chi connectivity index (χ1v) is 8.17. The molecule has 0 unspecified atom stereocenters. The van der Waals surface area contributed by atoms with Crippen molar-refractivity contribution in [3.05, 3.63) is 48.4 Å². The minimum Gasteiger partial charge on any atom is -0.497 e. The van der Waals surface area contributed by atoms with E-state index in [1.54, 1.807) is 13.4 Å². The molecule has 124 valence electrons. The van der Waals surface area contributed by atoms with Crippen molar-refractivity contribution in [2.45, 2.75) is 11.7 Å². The van der Waals surface area contributed by atoms with Gasteiger partial charge in [0, 0.05) is 5.56 Å². The van der Waals surface area contributed by atoms with Crippen molar-refractivity contribution >= 4 is 17.7 Å². The maximum absolute atomic E-state index is 11.1. The number of carbonyl (C=O) groups is 1. The van der Waals surface area contributed by atoms with E-state index < -0.39 is 5.91 Å². The van der Waals surface area contributed by atoms with Gasteiger partial charge in [0.05, 0.1) is 25.7 Å². The van der Waals surface area contributed by atoms with Gasteiger partial charge in [0.1, 0.15) is 11.5 Å². The zero-order valence-electron chi connectivity index (χ0n) is 13.0. The van der Waals surface area contributed by atoms with Crippen LogP contribution in [0.25, 0.3) is 11.4 Å². The highest BCUT2D eigenvalue weighted by Gasteiger charge is 2.17. The number of ether oxygens (including phenoxy) is 1. The molecule has 0 spiro atoms. The minimum absolute atomic E-state index is 0.133. The summed E-state index contributed by atoms with van der Waals surface area (Å²) in [6.07, 6.45) is 1.61. The molecule has 0 bridgehead atoms. The molecule has 0 aliphatic heterocycles. The van der Waals surface area contributed by atoms with Crippen molar-refractivity contribution in [1.29, 1.82) is 0 Å². The van der Waals surface area contributed by atoms with Crippen LogP contribution in [0.3, 0.4) is 0 Å². The molecule has 2 aromatic heterocycles. The van der Waals surface area contributed by atoms with Crippen LogP contribution in [0.4, 0.5) is 0 Å². The number of methoxy groups -OCH3 is 1. The van der Waals surface area contributed by atoms with Crippen LogP contribution >= 0.6 is 11.8 Å². The molecule has 0 saturated heterocycles. The van der Waals surface area contributed by atoms with Gasteiger partial charge in [-0.2, -0.15) is 0 Å². The number of primary amides is 1. The van der Waals surface area contributed by atoms with Gasteiger partial charge in [-0.3, -0.25) is 9.36 Å². The lowest BCUT2D eigenvalue weighted by molar-refractivity contribution is -0.115. The smallest absolute Gasteiger partial charge is 0.227 e. The predicted molar refractivity (Wildman–Crippen MR) is 89.7 cm³/mol. The summed E-state index contributed by atoms with van der Waals surface area (Å²) in [5.41, 5.74) is 6.09. The number of thioether (sulfide) groups is 1. The average molecular weight is 344 g/mol. The van der Waals surface area contributed by atoms with E-state index in [0.717, 1.165) is 17.1 Å². The number of carbonyl (C=O) groups excluding carboxylic acids is 1. The lowest BCUT2D eigenvalue weighted by atomic mass is 10.2. The molecule has 0 aliphatic carbocycles. The summed E-state index contributed by atoms with van der Waals surface area (Å²) in [5.74, 6) is 1.88. The van der Waals surface area contributed by atoms with Crippen LogP contribution in [-0.4, -0.2) is 33.5 Å². The van der Waals surface area contributed by atoms with Crippen molar-refractivity contribution in [3.63, 3.8) is 0 Å². The van der Waals surface area contributed by atoms with Gasteiger partial charge in [-0.1, -0.05) is 23.9 Å². The van der Waals surface area contributed by atoms with E-state index in [4.69, 9.17) is 14.9 Å². The molecule has 3 rings (SSSR count). The van der Waals surface area contributed by atoms with E-state index >= 15 is 0 Å². The summed E-state index contributed by atoms with van der Waals surface area (Å²) < 4.78 is 12.6. The third-order valence-electron chi connectivity index (χ3n) is 3.28. The Morgan fingerprint density at radius 3 is 2.92 bits per heavy atom. The Morgan fingerprint density at radius 1 is 1.33 bits per heavy atom. The molecule has 1 amide bonds. The number of furan rings is 1. The number of benzene rings is 1. The predicted octanol–water partition coefficient (Wildman–Crippen LogP) is 2.17. The average Bonchev–Trinajstić information content (AvgIpc) is 3.23. The summed E-state index contributed by atoms with van der Waals surface area (Å²) in [7, 11) is 1.61. The number of hydrogen-bond acceptors (Lipinski definition) is 6. The van der Waals surface area contributed by atoms with Crippen molar-refractivity contribution in [2.24, 2.45) is 5.73 Å². The van der Waals surface area contributed by atoms with Crippen molar-refractivity contribution in [1.82, 2.24) is 14.8 Å².